The van der Waals surface area contributed by atoms with E-state index >= 15 is 0 Å². The molecule has 1 amide bonds. The zero-order valence-electron chi connectivity index (χ0n) is 13.2. The molecular weight excluding hydrogens is 307 g/mol. The maximum absolute atomic E-state index is 13.2. The highest BCUT2D eigenvalue weighted by Gasteiger charge is 2.54. The molecule has 1 saturated heterocycles. The second-order valence-electron chi connectivity index (χ2n) is 6.04. The molecule has 1 unspecified atom stereocenters. The van der Waals surface area contributed by atoms with Gasteiger partial charge in [0.1, 0.15) is 0 Å². The average Bonchev–Trinajstić information content (AvgIpc) is 2.54. The summed E-state index contributed by atoms with van der Waals surface area (Å²) in [4.78, 5) is 14.0. The van der Waals surface area contributed by atoms with Crippen LogP contribution in [0.4, 0.5) is 13.2 Å². The van der Waals surface area contributed by atoms with Crippen molar-refractivity contribution in [2.24, 2.45) is 0 Å². The Morgan fingerprint density at radius 1 is 1.13 bits per heavy atom. The molecular formula is C17H22F3NO2. The van der Waals surface area contributed by atoms with Gasteiger partial charge in [-0.05, 0) is 43.4 Å². The van der Waals surface area contributed by atoms with Crippen LogP contribution in [0.15, 0.2) is 24.3 Å². The van der Waals surface area contributed by atoms with Crippen molar-refractivity contribution in [1.29, 1.82) is 0 Å². The number of piperidine rings is 1. The van der Waals surface area contributed by atoms with E-state index in [4.69, 9.17) is 0 Å². The van der Waals surface area contributed by atoms with E-state index in [1.807, 2.05) is 0 Å². The smallest absolute Gasteiger partial charge is 0.376 e. The summed E-state index contributed by atoms with van der Waals surface area (Å²) in [5, 5.41) is 10.1. The number of benzene rings is 1. The molecule has 0 aliphatic carbocycles. The Kier molecular flexibility index (Phi) is 5.34. The molecule has 3 nitrogen and oxygen atoms in total. The fourth-order valence-electron chi connectivity index (χ4n) is 2.98. The van der Waals surface area contributed by atoms with Crippen LogP contribution in [0.1, 0.15) is 54.9 Å². The molecule has 1 aromatic carbocycles. The molecule has 23 heavy (non-hydrogen) atoms. The molecule has 0 aromatic heterocycles. The zero-order valence-corrected chi connectivity index (χ0v) is 13.2. The number of hydrogen-bond donors (Lipinski definition) is 1. The molecule has 1 atom stereocenters. The number of amides is 1. The van der Waals surface area contributed by atoms with E-state index in [0.717, 1.165) is 19.3 Å². The van der Waals surface area contributed by atoms with Gasteiger partial charge in [-0.25, -0.2) is 0 Å². The van der Waals surface area contributed by atoms with Crippen LogP contribution < -0.4 is 0 Å². The highest BCUT2D eigenvalue weighted by molar-refractivity contribution is 5.94. The summed E-state index contributed by atoms with van der Waals surface area (Å²) in [5.41, 5.74) is -2.73. The first-order valence-corrected chi connectivity index (χ1v) is 7.98. The lowest BCUT2D eigenvalue weighted by Gasteiger charge is -2.31. The van der Waals surface area contributed by atoms with Gasteiger partial charge in [-0.15, -0.1) is 0 Å². The van der Waals surface area contributed by atoms with Crippen LogP contribution in [0.3, 0.4) is 0 Å². The lowest BCUT2D eigenvalue weighted by Crippen LogP contribution is -2.42. The molecule has 1 aliphatic heterocycles. The van der Waals surface area contributed by atoms with Crippen LogP contribution in [0, 0.1) is 0 Å². The molecule has 0 saturated carbocycles. The molecule has 1 aliphatic rings. The lowest BCUT2D eigenvalue weighted by molar-refractivity contribution is -0.269. The van der Waals surface area contributed by atoms with E-state index in [1.165, 1.54) is 24.3 Å². The van der Waals surface area contributed by atoms with Crippen LogP contribution in [-0.4, -0.2) is 35.2 Å². The van der Waals surface area contributed by atoms with E-state index < -0.39 is 18.2 Å². The summed E-state index contributed by atoms with van der Waals surface area (Å²) in [7, 11) is 0. The summed E-state index contributed by atoms with van der Waals surface area (Å²) >= 11 is 0. The molecule has 0 spiro atoms. The van der Waals surface area contributed by atoms with Crippen LogP contribution in [0.2, 0.25) is 0 Å². The zero-order chi connectivity index (χ0) is 17.1. The van der Waals surface area contributed by atoms with Crippen molar-refractivity contribution in [2.75, 3.05) is 13.1 Å². The minimum Gasteiger partial charge on any atom is -0.376 e. The van der Waals surface area contributed by atoms with Gasteiger partial charge in [0.2, 0.25) is 0 Å². The van der Waals surface area contributed by atoms with Crippen molar-refractivity contribution < 1.29 is 23.1 Å². The number of aliphatic hydroxyl groups is 1. The third kappa shape index (κ3) is 3.68. The maximum atomic E-state index is 13.2. The SMILES string of the molecule is CCCC(O)(c1ccc(C(=O)N2CCCCC2)cc1)C(F)(F)F. The number of halogens is 3. The predicted octanol–water partition coefficient (Wildman–Crippen LogP) is 3.86. The second-order valence-corrected chi connectivity index (χ2v) is 6.04. The molecule has 1 N–H and O–H groups in total. The first kappa shape index (κ1) is 17.8. The molecule has 0 radical (unpaired) electrons. The van der Waals surface area contributed by atoms with Crippen LogP contribution in [0.5, 0.6) is 0 Å². The van der Waals surface area contributed by atoms with Gasteiger partial charge in [0.25, 0.3) is 5.91 Å². The van der Waals surface area contributed by atoms with Gasteiger partial charge >= 0.3 is 6.18 Å². The fourth-order valence-corrected chi connectivity index (χ4v) is 2.98. The highest BCUT2D eigenvalue weighted by atomic mass is 19.4. The Morgan fingerprint density at radius 3 is 2.17 bits per heavy atom. The number of hydrogen-bond acceptors (Lipinski definition) is 2. The standard InChI is InChI=1S/C17H22F3NO2/c1-2-10-16(23,17(18,19)20)14-8-6-13(7-9-14)15(22)21-11-4-3-5-12-21/h6-9,23H,2-5,10-12H2,1H3. The molecule has 128 valence electrons. The Bertz CT molecular complexity index is 536. The predicted molar refractivity (Wildman–Crippen MR) is 81.1 cm³/mol. The quantitative estimate of drug-likeness (QED) is 0.911. The Labute approximate surface area is 134 Å². The number of carbonyl (C=O) groups is 1. The van der Waals surface area contributed by atoms with Gasteiger partial charge < -0.3 is 10.0 Å². The van der Waals surface area contributed by atoms with Crippen LogP contribution in [0.25, 0.3) is 0 Å². The number of carbonyl (C=O) groups excluding carboxylic acids is 1. The third-order valence-corrected chi connectivity index (χ3v) is 4.33. The van der Waals surface area contributed by atoms with Crippen molar-refractivity contribution in [2.45, 2.75) is 50.8 Å². The number of rotatable bonds is 4. The van der Waals surface area contributed by atoms with Crippen molar-refractivity contribution in [3.8, 4) is 0 Å². The van der Waals surface area contributed by atoms with E-state index in [1.54, 1.807) is 11.8 Å². The largest absolute Gasteiger partial charge is 0.421 e. The van der Waals surface area contributed by atoms with E-state index in [2.05, 4.69) is 0 Å². The van der Waals surface area contributed by atoms with Crippen LogP contribution in [-0.2, 0) is 5.60 Å². The monoisotopic (exact) mass is 329 g/mol. The van der Waals surface area contributed by atoms with E-state index in [0.29, 0.717) is 18.7 Å². The van der Waals surface area contributed by atoms with Crippen molar-refractivity contribution in [1.82, 2.24) is 4.90 Å². The van der Waals surface area contributed by atoms with Crippen molar-refractivity contribution >= 4 is 5.91 Å². The van der Waals surface area contributed by atoms with Crippen molar-refractivity contribution in [3.63, 3.8) is 0 Å². The van der Waals surface area contributed by atoms with Gasteiger partial charge in [0.15, 0.2) is 5.60 Å². The number of likely N-dealkylation sites (tertiary alicyclic amines) is 1. The average molecular weight is 329 g/mol. The second kappa shape index (κ2) is 6.91. The maximum Gasteiger partial charge on any atom is 0.421 e. The normalized spacial score (nSPS) is 18.6. The fraction of sp³-hybridized carbons (Fsp3) is 0.588. The molecule has 2 rings (SSSR count). The lowest BCUT2D eigenvalue weighted by atomic mass is 9.88. The van der Waals surface area contributed by atoms with E-state index in [9.17, 15) is 23.1 Å². The van der Waals surface area contributed by atoms with Gasteiger partial charge in [0, 0.05) is 18.7 Å². The molecule has 1 heterocycles. The Hall–Kier alpha value is -1.56. The molecule has 1 fully saturated rings. The molecule has 6 heteroatoms. The summed E-state index contributed by atoms with van der Waals surface area (Å²) in [6, 6.07) is 5.16. The van der Waals surface area contributed by atoms with Crippen molar-refractivity contribution in [3.05, 3.63) is 35.4 Å². The Morgan fingerprint density at radius 2 is 1.70 bits per heavy atom. The highest BCUT2D eigenvalue weighted by Crippen LogP contribution is 2.42. The third-order valence-electron chi connectivity index (χ3n) is 4.33. The Balaban J connectivity index is 2.22. The minimum absolute atomic E-state index is 0.165. The van der Waals surface area contributed by atoms with Crippen LogP contribution >= 0.6 is 0 Å². The first-order chi connectivity index (χ1) is 10.8. The first-order valence-electron chi connectivity index (χ1n) is 7.98. The summed E-state index contributed by atoms with van der Waals surface area (Å²) in [5.74, 6) is -0.165. The molecule has 0 bridgehead atoms. The van der Waals surface area contributed by atoms with Gasteiger partial charge in [-0.3, -0.25) is 4.79 Å². The topological polar surface area (TPSA) is 40.5 Å². The van der Waals surface area contributed by atoms with E-state index in [-0.39, 0.29) is 17.9 Å². The summed E-state index contributed by atoms with van der Waals surface area (Å²) in [6.45, 7) is 2.96. The minimum atomic E-state index is -4.75. The van der Waals surface area contributed by atoms with Gasteiger partial charge in [-0.1, -0.05) is 25.5 Å². The van der Waals surface area contributed by atoms with Gasteiger partial charge in [-0.2, -0.15) is 13.2 Å². The number of nitrogens with zero attached hydrogens (tertiary/aromatic N) is 1. The number of alkyl halides is 3. The summed E-state index contributed by atoms with van der Waals surface area (Å²) in [6.07, 6.45) is -1.96. The molecule has 1 aromatic rings. The summed E-state index contributed by atoms with van der Waals surface area (Å²) < 4.78 is 39.6. The van der Waals surface area contributed by atoms with Gasteiger partial charge in [0.05, 0.1) is 0 Å².